The largest absolute Gasteiger partial charge is 0.507 e. The number of halogens is 1. The van der Waals surface area contributed by atoms with Gasteiger partial charge in [0.1, 0.15) is 5.75 Å². The van der Waals surface area contributed by atoms with Crippen molar-refractivity contribution < 1.29 is 5.11 Å². The summed E-state index contributed by atoms with van der Waals surface area (Å²) in [7, 11) is 0. The lowest BCUT2D eigenvalue weighted by Crippen LogP contribution is -2.23. The van der Waals surface area contributed by atoms with Crippen molar-refractivity contribution in [1.29, 1.82) is 0 Å². The maximum atomic E-state index is 9.41. The average molecular weight is 228 g/mol. The van der Waals surface area contributed by atoms with E-state index in [1.165, 1.54) is 11.1 Å². The Balaban J connectivity index is 2.54. The number of hydrogen-bond acceptors (Lipinski definition) is 2. The zero-order valence-corrected chi connectivity index (χ0v) is 8.19. The lowest BCUT2D eigenvalue weighted by atomic mass is 10.0. The minimum absolute atomic E-state index is 0.343. The summed E-state index contributed by atoms with van der Waals surface area (Å²) < 4.78 is 0.862. The van der Waals surface area contributed by atoms with Crippen LogP contribution >= 0.6 is 15.9 Å². The molecule has 0 spiro atoms. The number of hydrogen-bond donors (Lipinski definition) is 2. The summed E-state index contributed by atoms with van der Waals surface area (Å²) in [5.41, 5.74) is 2.53. The van der Waals surface area contributed by atoms with Crippen LogP contribution in [0.3, 0.4) is 0 Å². The first-order valence-electron chi connectivity index (χ1n) is 3.99. The highest BCUT2D eigenvalue weighted by Gasteiger charge is 2.13. The molecule has 0 unspecified atom stereocenters. The number of rotatable bonds is 0. The molecule has 2 N–H and O–H groups in total. The Bertz CT molecular complexity index is 312. The van der Waals surface area contributed by atoms with Crippen LogP contribution in [0.15, 0.2) is 16.6 Å². The van der Waals surface area contributed by atoms with Gasteiger partial charge >= 0.3 is 0 Å². The molecular formula is C9H10BrNO. The molecule has 3 heteroatoms. The number of aromatic hydroxyl groups is 1. The quantitative estimate of drug-likeness (QED) is 0.709. The highest BCUT2D eigenvalue weighted by atomic mass is 79.9. The number of benzene rings is 1. The fourth-order valence-corrected chi connectivity index (χ4v) is 2.11. The molecule has 0 atom stereocenters. The van der Waals surface area contributed by atoms with Gasteiger partial charge in [-0.1, -0.05) is 6.07 Å². The van der Waals surface area contributed by atoms with Gasteiger partial charge in [-0.2, -0.15) is 0 Å². The Hall–Kier alpha value is -0.540. The third kappa shape index (κ3) is 1.23. The normalized spacial score (nSPS) is 15.8. The van der Waals surface area contributed by atoms with Crippen molar-refractivity contribution in [2.24, 2.45) is 0 Å². The molecule has 1 aromatic carbocycles. The molecule has 1 heterocycles. The van der Waals surface area contributed by atoms with Crippen LogP contribution in [0.4, 0.5) is 0 Å². The Morgan fingerprint density at radius 1 is 1.42 bits per heavy atom. The highest BCUT2D eigenvalue weighted by Crippen LogP contribution is 2.31. The van der Waals surface area contributed by atoms with Crippen molar-refractivity contribution in [2.75, 3.05) is 6.54 Å². The third-order valence-corrected chi connectivity index (χ3v) is 3.07. The molecule has 0 fully saturated rings. The Morgan fingerprint density at radius 3 is 3.08 bits per heavy atom. The summed E-state index contributed by atoms with van der Waals surface area (Å²) >= 11 is 3.39. The fraction of sp³-hybridized carbons (Fsp3) is 0.333. The predicted octanol–water partition coefficient (Wildman–Crippen LogP) is 1.80. The number of nitrogens with one attached hydrogen (secondary N) is 1. The van der Waals surface area contributed by atoms with E-state index >= 15 is 0 Å². The first-order chi connectivity index (χ1) is 5.79. The second kappa shape index (κ2) is 3.07. The van der Waals surface area contributed by atoms with E-state index in [-0.39, 0.29) is 0 Å². The molecule has 2 nitrogen and oxygen atoms in total. The fourth-order valence-electron chi connectivity index (χ4n) is 1.52. The molecule has 64 valence electrons. The third-order valence-electron chi connectivity index (χ3n) is 2.19. The first-order valence-corrected chi connectivity index (χ1v) is 4.78. The smallest absolute Gasteiger partial charge is 0.130 e. The summed E-state index contributed by atoms with van der Waals surface area (Å²) in [6.07, 6.45) is 0.990. The van der Waals surface area contributed by atoms with Crippen LogP contribution in [0, 0.1) is 0 Å². The van der Waals surface area contributed by atoms with E-state index in [2.05, 4.69) is 21.2 Å². The van der Waals surface area contributed by atoms with E-state index in [0.29, 0.717) is 5.75 Å². The number of phenols is 1. The zero-order valence-electron chi connectivity index (χ0n) is 6.60. The van der Waals surface area contributed by atoms with Crippen LogP contribution in [0.5, 0.6) is 5.75 Å². The van der Waals surface area contributed by atoms with Gasteiger partial charge < -0.3 is 10.4 Å². The van der Waals surface area contributed by atoms with Crippen LogP contribution in [-0.2, 0) is 13.0 Å². The molecule has 0 amide bonds. The Labute approximate surface area is 79.7 Å². The van der Waals surface area contributed by atoms with Crippen LogP contribution in [0.2, 0.25) is 0 Å². The molecule has 1 aliphatic heterocycles. The molecule has 0 saturated carbocycles. The maximum Gasteiger partial charge on any atom is 0.130 e. The van der Waals surface area contributed by atoms with Crippen LogP contribution in [-0.4, -0.2) is 11.7 Å². The molecule has 0 aliphatic carbocycles. The van der Waals surface area contributed by atoms with Crippen molar-refractivity contribution >= 4 is 15.9 Å². The van der Waals surface area contributed by atoms with Gasteiger partial charge in [0.2, 0.25) is 0 Å². The Morgan fingerprint density at radius 2 is 2.25 bits per heavy atom. The molecule has 0 radical (unpaired) electrons. The molecule has 1 aliphatic rings. The van der Waals surface area contributed by atoms with Gasteiger partial charge in [-0.25, -0.2) is 0 Å². The average Bonchev–Trinajstić information content (AvgIpc) is 2.12. The van der Waals surface area contributed by atoms with E-state index in [9.17, 15) is 5.11 Å². The second-order valence-corrected chi connectivity index (χ2v) is 3.76. The SMILES string of the molecule is Oc1ccc2c(c1Br)CCNC2. The maximum absolute atomic E-state index is 9.41. The van der Waals surface area contributed by atoms with Gasteiger partial charge in [-0.3, -0.25) is 0 Å². The minimum atomic E-state index is 0.343. The lowest BCUT2D eigenvalue weighted by Gasteiger charge is -2.18. The molecule has 1 aromatic rings. The van der Waals surface area contributed by atoms with E-state index in [4.69, 9.17) is 0 Å². The number of phenolic OH excluding ortho intramolecular Hbond substituents is 1. The van der Waals surface area contributed by atoms with E-state index in [0.717, 1.165) is 24.0 Å². The molecule has 0 aromatic heterocycles. The monoisotopic (exact) mass is 227 g/mol. The van der Waals surface area contributed by atoms with Crippen molar-refractivity contribution in [1.82, 2.24) is 5.32 Å². The van der Waals surface area contributed by atoms with E-state index in [1.54, 1.807) is 6.07 Å². The second-order valence-electron chi connectivity index (χ2n) is 2.96. The van der Waals surface area contributed by atoms with Crippen LogP contribution in [0.1, 0.15) is 11.1 Å². The molecule has 12 heavy (non-hydrogen) atoms. The molecule has 2 rings (SSSR count). The summed E-state index contributed by atoms with van der Waals surface area (Å²) in [6.45, 7) is 1.91. The Kier molecular flexibility index (Phi) is 2.07. The molecule has 0 saturated heterocycles. The van der Waals surface area contributed by atoms with Crippen molar-refractivity contribution in [3.05, 3.63) is 27.7 Å². The predicted molar refractivity (Wildman–Crippen MR) is 51.2 cm³/mol. The van der Waals surface area contributed by atoms with Gasteiger partial charge in [0.15, 0.2) is 0 Å². The highest BCUT2D eigenvalue weighted by molar-refractivity contribution is 9.10. The summed E-state index contributed by atoms with van der Waals surface area (Å²) in [4.78, 5) is 0. The summed E-state index contributed by atoms with van der Waals surface area (Å²) in [6, 6.07) is 3.71. The van der Waals surface area contributed by atoms with Gasteiger partial charge in [-0.15, -0.1) is 0 Å². The standard InChI is InChI=1S/C9H10BrNO/c10-9-7-3-4-11-5-6(7)1-2-8(9)12/h1-2,11-12H,3-5H2. The molecule has 0 bridgehead atoms. The van der Waals surface area contributed by atoms with Crippen molar-refractivity contribution in [3.8, 4) is 5.75 Å². The lowest BCUT2D eigenvalue weighted by molar-refractivity contribution is 0.469. The van der Waals surface area contributed by atoms with Gasteiger partial charge in [-0.05, 0) is 46.1 Å². The first kappa shape index (κ1) is 8.08. The van der Waals surface area contributed by atoms with Gasteiger partial charge in [0.05, 0.1) is 4.47 Å². The topological polar surface area (TPSA) is 32.3 Å². The van der Waals surface area contributed by atoms with Gasteiger partial charge in [0, 0.05) is 6.54 Å². The van der Waals surface area contributed by atoms with Crippen LogP contribution < -0.4 is 5.32 Å². The van der Waals surface area contributed by atoms with E-state index < -0.39 is 0 Å². The molecular weight excluding hydrogens is 218 g/mol. The van der Waals surface area contributed by atoms with Crippen molar-refractivity contribution in [3.63, 3.8) is 0 Å². The van der Waals surface area contributed by atoms with Crippen molar-refractivity contribution in [2.45, 2.75) is 13.0 Å². The van der Waals surface area contributed by atoms with E-state index in [1.807, 2.05) is 6.07 Å². The summed E-state index contributed by atoms with van der Waals surface area (Å²) in [5.74, 6) is 0.343. The summed E-state index contributed by atoms with van der Waals surface area (Å²) in [5, 5.41) is 12.7. The number of fused-ring (bicyclic) bond motifs is 1. The van der Waals surface area contributed by atoms with Gasteiger partial charge in [0.25, 0.3) is 0 Å². The zero-order chi connectivity index (χ0) is 8.55. The van der Waals surface area contributed by atoms with Crippen LogP contribution in [0.25, 0.3) is 0 Å². The minimum Gasteiger partial charge on any atom is -0.507 e.